The monoisotopic (exact) mass is 399 g/mol. The van der Waals surface area contributed by atoms with Crippen LogP contribution in [0.2, 0.25) is 0 Å². The number of carbonyl (C=O) groups is 1. The van der Waals surface area contributed by atoms with Crippen LogP contribution in [-0.4, -0.2) is 56.3 Å². The molecule has 2 aromatic rings. The van der Waals surface area contributed by atoms with Crippen molar-refractivity contribution < 1.29 is 17.9 Å². The van der Waals surface area contributed by atoms with Crippen LogP contribution in [0.3, 0.4) is 0 Å². The van der Waals surface area contributed by atoms with E-state index in [1.165, 1.54) is 16.4 Å². The van der Waals surface area contributed by atoms with Gasteiger partial charge < -0.3 is 9.64 Å². The van der Waals surface area contributed by atoms with E-state index in [9.17, 15) is 18.5 Å². The van der Waals surface area contributed by atoms with Crippen LogP contribution < -0.4 is 4.74 Å². The quantitative estimate of drug-likeness (QED) is 0.768. The summed E-state index contributed by atoms with van der Waals surface area (Å²) in [6.07, 6.45) is 0. The van der Waals surface area contributed by atoms with E-state index in [0.29, 0.717) is 17.9 Å². The maximum Gasteiger partial charge on any atom is 0.254 e. The van der Waals surface area contributed by atoms with E-state index in [0.717, 1.165) is 0 Å². The van der Waals surface area contributed by atoms with Crippen LogP contribution in [0.5, 0.6) is 5.75 Å². The minimum Gasteiger partial charge on any atom is -0.494 e. The van der Waals surface area contributed by atoms with E-state index in [1.54, 1.807) is 41.3 Å². The maximum absolute atomic E-state index is 12.9. The zero-order chi connectivity index (χ0) is 20.1. The molecule has 2 aromatic carbocycles. The second-order valence-electron chi connectivity index (χ2n) is 6.27. The normalized spacial score (nSPS) is 15.1. The third-order valence-corrected chi connectivity index (χ3v) is 6.50. The van der Waals surface area contributed by atoms with E-state index in [1.807, 2.05) is 13.0 Å². The number of hydrogen-bond acceptors (Lipinski definition) is 5. The lowest BCUT2D eigenvalue weighted by Crippen LogP contribution is -2.50. The minimum absolute atomic E-state index is 0.00157. The lowest BCUT2D eigenvalue weighted by atomic mass is 10.1. The summed E-state index contributed by atoms with van der Waals surface area (Å²) < 4.78 is 32.5. The summed E-state index contributed by atoms with van der Waals surface area (Å²) in [6, 6.07) is 15.0. The summed E-state index contributed by atoms with van der Waals surface area (Å²) in [6.45, 7) is 3.31. The fourth-order valence-corrected chi connectivity index (χ4v) is 4.69. The van der Waals surface area contributed by atoms with Crippen LogP contribution in [0.25, 0.3) is 0 Å². The number of nitriles is 1. The third kappa shape index (κ3) is 4.01. The Hall–Kier alpha value is -2.89. The molecule has 0 spiro atoms. The standard InChI is InChI=1S/C20H21N3O4S/c1-2-27-18-8-5-7-16(14-18)20(24)22-10-12-23(13-11-22)28(25,26)19-9-4-3-6-17(19)15-21/h3-9,14H,2,10-13H2,1H3. The number of ether oxygens (including phenoxy) is 1. The molecule has 0 radical (unpaired) electrons. The highest BCUT2D eigenvalue weighted by molar-refractivity contribution is 7.89. The van der Waals surface area contributed by atoms with Gasteiger partial charge in [-0.2, -0.15) is 9.57 Å². The summed E-state index contributed by atoms with van der Waals surface area (Å²) in [7, 11) is -3.78. The van der Waals surface area contributed by atoms with Crippen LogP contribution >= 0.6 is 0 Å². The SMILES string of the molecule is CCOc1cccc(C(=O)N2CCN(S(=O)(=O)c3ccccc3C#N)CC2)c1. The van der Waals surface area contributed by atoms with E-state index in [-0.39, 0.29) is 42.5 Å². The topological polar surface area (TPSA) is 90.7 Å². The first-order valence-electron chi connectivity index (χ1n) is 8.98. The highest BCUT2D eigenvalue weighted by Gasteiger charge is 2.31. The summed E-state index contributed by atoms with van der Waals surface area (Å²) in [4.78, 5) is 14.4. The molecular weight excluding hydrogens is 378 g/mol. The first-order valence-corrected chi connectivity index (χ1v) is 10.4. The Labute approximate surface area is 164 Å². The smallest absolute Gasteiger partial charge is 0.254 e. The fourth-order valence-electron chi connectivity index (χ4n) is 3.12. The predicted octanol–water partition coefficient (Wildman–Crippen LogP) is 2.10. The van der Waals surface area contributed by atoms with Crippen molar-refractivity contribution in [2.75, 3.05) is 32.8 Å². The van der Waals surface area contributed by atoms with Crippen LogP contribution in [0.1, 0.15) is 22.8 Å². The Morgan fingerprint density at radius 1 is 1.11 bits per heavy atom. The second kappa shape index (κ2) is 8.42. The molecule has 28 heavy (non-hydrogen) atoms. The lowest BCUT2D eigenvalue weighted by molar-refractivity contribution is 0.0697. The van der Waals surface area contributed by atoms with E-state index >= 15 is 0 Å². The zero-order valence-corrected chi connectivity index (χ0v) is 16.4. The van der Waals surface area contributed by atoms with Gasteiger partial charge in [0.25, 0.3) is 5.91 Å². The van der Waals surface area contributed by atoms with Crippen LogP contribution in [-0.2, 0) is 10.0 Å². The lowest BCUT2D eigenvalue weighted by Gasteiger charge is -2.34. The van der Waals surface area contributed by atoms with Gasteiger partial charge in [-0.3, -0.25) is 4.79 Å². The Balaban J connectivity index is 1.71. The Morgan fingerprint density at radius 2 is 1.82 bits per heavy atom. The van der Waals surface area contributed by atoms with E-state index in [4.69, 9.17) is 4.74 Å². The number of sulfonamides is 1. The van der Waals surface area contributed by atoms with Crippen LogP contribution in [0.4, 0.5) is 0 Å². The number of piperazine rings is 1. The molecule has 0 unspecified atom stereocenters. The molecule has 0 aliphatic carbocycles. The average molecular weight is 399 g/mol. The summed E-state index contributed by atoms with van der Waals surface area (Å²) >= 11 is 0. The highest BCUT2D eigenvalue weighted by Crippen LogP contribution is 2.22. The van der Waals surface area contributed by atoms with Gasteiger partial charge in [-0.15, -0.1) is 0 Å². The molecular formula is C20H21N3O4S. The van der Waals surface area contributed by atoms with Crippen molar-refractivity contribution in [3.8, 4) is 11.8 Å². The molecule has 1 aliphatic heterocycles. The summed E-state index contributed by atoms with van der Waals surface area (Å²) in [5, 5.41) is 9.19. The number of carbonyl (C=O) groups excluding carboxylic acids is 1. The predicted molar refractivity (Wildman–Crippen MR) is 103 cm³/mol. The molecule has 0 atom stereocenters. The highest BCUT2D eigenvalue weighted by atomic mass is 32.2. The number of amides is 1. The number of benzene rings is 2. The molecule has 1 heterocycles. The molecule has 0 saturated carbocycles. The Morgan fingerprint density at radius 3 is 2.50 bits per heavy atom. The molecule has 8 heteroatoms. The van der Waals surface area contributed by atoms with Crippen molar-refractivity contribution in [1.82, 2.24) is 9.21 Å². The molecule has 3 rings (SSSR count). The molecule has 0 N–H and O–H groups in total. The van der Waals surface area contributed by atoms with Gasteiger partial charge in [-0.25, -0.2) is 8.42 Å². The van der Waals surface area contributed by atoms with Crippen LogP contribution in [0.15, 0.2) is 53.4 Å². The van der Waals surface area contributed by atoms with E-state index < -0.39 is 10.0 Å². The third-order valence-electron chi connectivity index (χ3n) is 4.54. The molecule has 7 nitrogen and oxygen atoms in total. The molecule has 0 aromatic heterocycles. The molecule has 1 saturated heterocycles. The van der Waals surface area contributed by atoms with Crippen molar-refractivity contribution in [3.05, 3.63) is 59.7 Å². The zero-order valence-electron chi connectivity index (χ0n) is 15.5. The molecule has 146 valence electrons. The Kier molecular flexibility index (Phi) is 5.97. The summed E-state index contributed by atoms with van der Waals surface area (Å²) in [5.41, 5.74) is 0.630. The maximum atomic E-state index is 12.9. The van der Waals surface area contributed by atoms with Gasteiger partial charge in [0.15, 0.2) is 0 Å². The van der Waals surface area contributed by atoms with Crippen molar-refractivity contribution >= 4 is 15.9 Å². The van der Waals surface area contributed by atoms with Gasteiger partial charge in [0.2, 0.25) is 10.0 Å². The van der Waals surface area contributed by atoms with Crippen LogP contribution in [0, 0.1) is 11.3 Å². The van der Waals surface area contributed by atoms with Gasteiger partial charge in [0.05, 0.1) is 17.1 Å². The van der Waals surface area contributed by atoms with Crippen molar-refractivity contribution in [2.45, 2.75) is 11.8 Å². The van der Waals surface area contributed by atoms with Gasteiger partial charge in [0, 0.05) is 31.7 Å². The van der Waals surface area contributed by atoms with Crippen molar-refractivity contribution in [1.29, 1.82) is 5.26 Å². The first kappa shape index (κ1) is 19.9. The fraction of sp³-hybridized carbons (Fsp3) is 0.300. The molecule has 1 fully saturated rings. The van der Waals surface area contributed by atoms with Crippen molar-refractivity contribution in [2.24, 2.45) is 0 Å². The average Bonchev–Trinajstić information content (AvgIpc) is 2.73. The van der Waals surface area contributed by atoms with Gasteiger partial charge in [-0.05, 0) is 37.3 Å². The second-order valence-corrected chi connectivity index (χ2v) is 8.17. The molecule has 0 bridgehead atoms. The number of rotatable bonds is 5. The minimum atomic E-state index is -3.78. The summed E-state index contributed by atoms with van der Waals surface area (Å²) in [5.74, 6) is 0.471. The number of nitrogens with zero attached hydrogens (tertiary/aromatic N) is 3. The van der Waals surface area contributed by atoms with Crippen molar-refractivity contribution in [3.63, 3.8) is 0 Å². The molecule has 1 aliphatic rings. The Bertz CT molecular complexity index is 1010. The molecule has 1 amide bonds. The van der Waals surface area contributed by atoms with Gasteiger partial charge >= 0.3 is 0 Å². The van der Waals surface area contributed by atoms with Gasteiger partial charge in [0.1, 0.15) is 11.8 Å². The first-order chi connectivity index (χ1) is 13.5. The van der Waals surface area contributed by atoms with E-state index in [2.05, 4.69) is 0 Å². The van der Waals surface area contributed by atoms with Gasteiger partial charge in [-0.1, -0.05) is 18.2 Å². The number of hydrogen-bond donors (Lipinski definition) is 0. The largest absolute Gasteiger partial charge is 0.494 e.